The molecular formula is C12H10F2N2O3. The van der Waals surface area contributed by atoms with Crippen molar-refractivity contribution in [3.8, 4) is 0 Å². The summed E-state index contributed by atoms with van der Waals surface area (Å²) in [6.07, 6.45) is 0. The van der Waals surface area contributed by atoms with E-state index in [-0.39, 0.29) is 16.8 Å². The highest BCUT2D eigenvalue weighted by Gasteiger charge is 2.12. The molecule has 1 aromatic carbocycles. The topological polar surface area (TPSA) is 71.3 Å². The van der Waals surface area contributed by atoms with Crippen LogP contribution in [0.15, 0.2) is 33.5 Å². The zero-order chi connectivity index (χ0) is 14.0. The highest BCUT2D eigenvalue weighted by Crippen LogP contribution is 2.19. The van der Waals surface area contributed by atoms with Crippen LogP contribution in [-0.2, 0) is 0 Å². The lowest BCUT2D eigenvalue weighted by molar-refractivity contribution is 0.0959. The highest BCUT2D eigenvalue weighted by atomic mass is 19.3. The molecule has 7 heteroatoms. The Morgan fingerprint density at radius 1 is 1.32 bits per heavy atom. The zero-order valence-electron chi connectivity index (χ0n) is 9.87. The number of nitrogens with one attached hydrogen (secondary N) is 2. The molecule has 1 amide bonds. The Hall–Kier alpha value is -2.44. The Kier molecular flexibility index (Phi) is 3.46. The Bertz CT molecular complexity index is 682. The van der Waals surface area contributed by atoms with E-state index in [2.05, 4.69) is 5.32 Å². The number of rotatable bonds is 3. The minimum atomic E-state index is -2.71. The molecule has 2 rings (SSSR count). The van der Waals surface area contributed by atoms with Gasteiger partial charge in [-0.05, 0) is 18.2 Å². The minimum Gasteiger partial charge on any atom is -0.422 e. The highest BCUT2D eigenvalue weighted by molar-refractivity contribution is 5.96. The molecule has 0 radical (unpaired) electrons. The second-order valence-corrected chi connectivity index (χ2v) is 3.72. The van der Waals surface area contributed by atoms with Crippen LogP contribution in [0.3, 0.4) is 0 Å². The van der Waals surface area contributed by atoms with Crippen molar-refractivity contribution in [2.45, 2.75) is 6.55 Å². The number of fused-ring (bicyclic) bond motifs is 1. The number of benzene rings is 1. The van der Waals surface area contributed by atoms with Gasteiger partial charge in [0.05, 0.1) is 0 Å². The van der Waals surface area contributed by atoms with E-state index in [1.165, 1.54) is 31.3 Å². The third-order valence-electron chi connectivity index (χ3n) is 2.48. The maximum Gasteiger partial charge on any atom is 0.349 e. The Morgan fingerprint density at radius 2 is 2.05 bits per heavy atom. The van der Waals surface area contributed by atoms with Gasteiger partial charge in [-0.25, -0.2) is 4.79 Å². The van der Waals surface area contributed by atoms with Gasteiger partial charge in [0.1, 0.15) is 11.1 Å². The molecule has 0 aliphatic heterocycles. The summed E-state index contributed by atoms with van der Waals surface area (Å²) in [5.41, 5.74) is -0.702. The van der Waals surface area contributed by atoms with Crippen LogP contribution in [-0.4, -0.2) is 19.5 Å². The van der Waals surface area contributed by atoms with Gasteiger partial charge in [-0.15, -0.1) is 0 Å². The molecule has 100 valence electrons. The summed E-state index contributed by atoms with van der Waals surface area (Å²) in [6.45, 7) is -2.71. The maximum absolute atomic E-state index is 12.2. The lowest BCUT2D eigenvalue weighted by Crippen LogP contribution is -2.24. The molecule has 2 N–H and O–H groups in total. The minimum absolute atomic E-state index is 0.123. The van der Waals surface area contributed by atoms with E-state index in [9.17, 15) is 18.4 Å². The molecule has 0 fully saturated rings. The van der Waals surface area contributed by atoms with E-state index in [0.29, 0.717) is 5.39 Å². The molecule has 0 atom stereocenters. The van der Waals surface area contributed by atoms with Gasteiger partial charge in [0.2, 0.25) is 0 Å². The summed E-state index contributed by atoms with van der Waals surface area (Å²) in [7, 11) is 1.39. The van der Waals surface area contributed by atoms with E-state index >= 15 is 0 Å². The molecule has 0 unspecified atom stereocenters. The molecule has 19 heavy (non-hydrogen) atoms. The number of hydrogen-bond acceptors (Lipinski definition) is 4. The molecule has 5 nitrogen and oxygen atoms in total. The van der Waals surface area contributed by atoms with Crippen LogP contribution >= 0.6 is 0 Å². The van der Waals surface area contributed by atoms with Crippen LogP contribution in [0.2, 0.25) is 0 Å². The van der Waals surface area contributed by atoms with Crippen molar-refractivity contribution < 1.29 is 18.0 Å². The number of carbonyl (C=O) groups excluding carboxylic acids is 1. The predicted molar refractivity (Wildman–Crippen MR) is 65.5 cm³/mol. The Balaban J connectivity index is 2.52. The van der Waals surface area contributed by atoms with Crippen LogP contribution in [0, 0.1) is 0 Å². The SMILES string of the molecule is CNC(=O)c1cc2ccc(NC(F)F)cc2oc1=O. The first-order valence-electron chi connectivity index (χ1n) is 5.36. The van der Waals surface area contributed by atoms with Gasteiger partial charge < -0.3 is 15.1 Å². The second kappa shape index (κ2) is 5.05. The molecule has 0 saturated carbocycles. The van der Waals surface area contributed by atoms with Crippen LogP contribution in [0.1, 0.15) is 10.4 Å². The maximum atomic E-state index is 12.2. The lowest BCUT2D eigenvalue weighted by Gasteiger charge is -2.06. The molecule has 2 aromatic rings. The number of halogens is 2. The number of amides is 1. The molecule has 1 aromatic heterocycles. The fraction of sp³-hybridized carbons (Fsp3) is 0.167. The first-order valence-corrected chi connectivity index (χ1v) is 5.36. The Labute approximate surface area is 106 Å². The lowest BCUT2D eigenvalue weighted by atomic mass is 10.1. The second-order valence-electron chi connectivity index (χ2n) is 3.72. The third kappa shape index (κ3) is 2.70. The summed E-state index contributed by atoms with van der Waals surface area (Å²) < 4.78 is 29.3. The zero-order valence-corrected chi connectivity index (χ0v) is 9.87. The average molecular weight is 268 g/mol. The first-order chi connectivity index (χ1) is 9.01. The summed E-state index contributed by atoms with van der Waals surface area (Å²) in [6, 6.07) is 5.51. The normalized spacial score (nSPS) is 10.7. The number of hydrogen-bond donors (Lipinski definition) is 2. The van der Waals surface area contributed by atoms with Crippen LogP contribution < -0.4 is 16.3 Å². The predicted octanol–water partition coefficient (Wildman–Crippen LogP) is 1.79. The van der Waals surface area contributed by atoms with Crippen LogP contribution in [0.25, 0.3) is 11.0 Å². The molecule has 0 saturated heterocycles. The van der Waals surface area contributed by atoms with Gasteiger partial charge in [0.25, 0.3) is 5.91 Å². The Morgan fingerprint density at radius 3 is 2.68 bits per heavy atom. The third-order valence-corrected chi connectivity index (χ3v) is 2.48. The number of alkyl halides is 2. The van der Waals surface area contributed by atoms with Crippen molar-refractivity contribution in [3.63, 3.8) is 0 Å². The number of anilines is 1. The van der Waals surface area contributed by atoms with Crippen molar-refractivity contribution in [1.82, 2.24) is 5.32 Å². The van der Waals surface area contributed by atoms with Crippen molar-refractivity contribution in [1.29, 1.82) is 0 Å². The van der Waals surface area contributed by atoms with Crippen molar-refractivity contribution >= 4 is 22.6 Å². The fourth-order valence-electron chi connectivity index (χ4n) is 1.62. The molecule has 0 aliphatic carbocycles. The van der Waals surface area contributed by atoms with Gasteiger partial charge in [-0.2, -0.15) is 8.78 Å². The summed E-state index contributed by atoms with van der Waals surface area (Å²) in [4.78, 5) is 23.0. The van der Waals surface area contributed by atoms with E-state index in [1.54, 1.807) is 0 Å². The molecule has 0 aliphatic rings. The summed E-state index contributed by atoms with van der Waals surface area (Å²) in [5.74, 6) is -0.564. The quantitative estimate of drug-likeness (QED) is 0.657. The van der Waals surface area contributed by atoms with Gasteiger partial charge in [-0.1, -0.05) is 0 Å². The molecular weight excluding hydrogens is 258 g/mol. The average Bonchev–Trinajstić information content (AvgIpc) is 2.36. The van der Waals surface area contributed by atoms with Gasteiger partial charge in [-0.3, -0.25) is 4.79 Å². The number of carbonyl (C=O) groups is 1. The van der Waals surface area contributed by atoms with E-state index < -0.39 is 18.1 Å². The fourth-order valence-corrected chi connectivity index (χ4v) is 1.62. The van der Waals surface area contributed by atoms with Gasteiger partial charge in [0, 0.05) is 24.2 Å². The van der Waals surface area contributed by atoms with Gasteiger partial charge >= 0.3 is 12.2 Å². The van der Waals surface area contributed by atoms with Crippen molar-refractivity contribution in [2.75, 3.05) is 12.4 Å². The van der Waals surface area contributed by atoms with E-state index in [1.807, 2.05) is 5.32 Å². The van der Waals surface area contributed by atoms with Crippen LogP contribution in [0.4, 0.5) is 14.5 Å². The molecule has 1 heterocycles. The largest absolute Gasteiger partial charge is 0.422 e. The van der Waals surface area contributed by atoms with Gasteiger partial charge in [0.15, 0.2) is 0 Å². The standard InChI is InChI=1S/C12H10F2N2O3/c1-15-10(17)8-4-6-2-3-7(16-12(13)14)5-9(6)19-11(8)18/h2-5,12,16H,1H3,(H,15,17). The smallest absolute Gasteiger partial charge is 0.349 e. The van der Waals surface area contributed by atoms with E-state index in [0.717, 1.165) is 0 Å². The molecule has 0 spiro atoms. The summed E-state index contributed by atoms with van der Waals surface area (Å²) >= 11 is 0. The van der Waals surface area contributed by atoms with E-state index in [4.69, 9.17) is 4.42 Å². The van der Waals surface area contributed by atoms with Crippen LogP contribution in [0.5, 0.6) is 0 Å². The first kappa shape index (κ1) is 13.0. The monoisotopic (exact) mass is 268 g/mol. The van der Waals surface area contributed by atoms with Crippen molar-refractivity contribution in [3.05, 3.63) is 40.2 Å². The van der Waals surface area contributed by atoms with Crippen molar-refractivity contribution in [2.24, 2.45) is 0 Å². The summed E-state index contributed by atoms with van der Waals surface area (Å²) in [5, 5.41) is 4.67. The molecule has 0 bridgehead atoms.